The molecule has 0 bridgehead atoms. The van der Waals surface area contributed by atoms with Crippen molar-refractivity contribution in [3.8, 4) is 0 Å². The summed E-state index contributed by atoms with van der Waals surface area (Å²) in [6.07, 6.45) is 0. The number of thioether (sulfide) groups is 1. The molecule has 0 spiro atoms. The standard InChI is InChI=1S/C9H19NS/c1-7(2)9(4)11-6-8(3)5-10/h7,9H,3,5-6,10H2,1-2,4H3. The molecule has 0 aromatic rings. The Morgan fingerprint density at radius 3 is 2.36 bits per heavy atom. The highest BCUT2D eigenvalue weighted by molar-refractivity contribution is 8.00. The number of rotatable bonds is 5. The van der Waals surface area contributed by atoms with Crippen molar-refractivity contribution < 1.29 is 0 Å². The highest BCUT2D eigenvalue weighted by atomic mass is 32.2. The monoisotopic (exact) mass is 173 g/mol. The molecule has 0 aliphatic heterocycles. The molecule has 0 aliphatic rings. The van der Waals surface area contributed by atoms with Gasteiger partial charge in [-0.05, 0) is 5.92 Å². The molecular formula is C9H19NS. The Morgan fingerprint density at radius 1 is 1.45 bits per heavy atom. The van der Waals surface area contributed by atoms with Crippen molar-refractivity contribution in [2.24, 2.45) is 11.7 Å². The summed E-state index contributed by atoms with van der Waals surface area (Å²) >= 11 is 1.94. The van der Waals surface area contributed by atoms with Gasteiger partial charge in [-0.15, -0.1) is 0 Å². The molecule has 0 amide bonds. The molecule has 0 rings (SSSR count). The van der Waals surface area contributed by atoms with E-state index in [0.717, 1.165) is 17.2 Å². The van der Waals surface area contributed by atoms with Crippen LogP contribution in [0.25, 0.3) is 0 Å². The average Bonchev–Trinajstić information content (AvgIpc) is 1.99. The van der Waals surface area contributed by atoms with Gasteiger partial charge in [0.25, 0.3) is 0 Å². The summed E-state index contributed by atoms with van der Waals surface area (Å²) in [5.41, 5.74) is 6.56. The fourth-order valence-corrected chi connectivity index (χ4v) is 1.50. The lowest BCUT2D eigenvalue weighted by atomic mass is 10.2. The second-order valence-electron chi connectivity index (χ2n) is 3.21. The summed E-state index contributed by atoms with van der Waals surface area (Å²) in [6, 6.07) is 0. The van der Waals surface area contributed by atoms with E-state index in [0.29, 0.717) is 11.8 Å². The smallest absolute Gasteiger partial charge is 0.0155 e. The summed E-state index contributed by atoms with van der Waals surface area (Å²) in [5.74, 6) is 1.75. The van der Waals surface area contributed by atoms with Crippen molar-refractivity contribution >= 4 is 11.8 Å². The quantitative estimate of drug-likeness (QED) is 0.645. The van der Waals surface area contributed by atoms with Crippen LogP contribution in [0.5, 0.6) is 0 Å². The maximum Gasteiger partial charge on any atom is 0.0155 e. The van der Waals surface area contributed by atoms with Gasteiger partial charge in [0.15, 0.2) is 0 Å². The third kappa shape index (κ3) is 5.33. The molecule has 2 heteroatoms. The number of hydrogen-bond acceptors (Lipinski definition) is 2. The van der Waals surface area contributed by atoms with E-state index in [2.05, 4.69) is 27.4 Å². The Morgan fingerprint density at radius 2 is 2.00 bits per heavy atom. The molecule has 0 aromatic heterocycles. The molecule has 0 fully saturated rings. The van der Waals surface area contributed by atoms with Gasteiger partial charge >= 0.3 is 0 Å². The molecule has 0 saturated heterocycles. The van der Waals surface area contributed by atoms with Crippen molar-refractivity contribution in [2.45, 2.75) is 26.0 Å². The minimum absolute atomic E-state index is 0.623. The van der Waals surface area contributed by atoms with E-state index in [-0.39, 0.29) is 0 Å². The predicted molar refractivity (Wildman–Crippen MR) is 55.0 cm³/mol. The fraction of sp³-hybridized carbons (Fsp3) is 0.778. The van der Waals surface area contributed by atoms with Gasteiger partial charge in [0.1, 0.15) is 0 Å². The van der Waals surface area contributed by atoms with Gasteiger partial charge in [-0.25, -0.2) is 0 Å². The first-order valence-corrected chi connectivity index (χ1v) is 5.11. The molecular weight excluding hydrogens is 154 g/mol. The normalized spacial score (nSPS) is 13.5. The Labute approximate surface area is 74.4 Å². The first kappa shape index (κ1) is 11.1. The van der Waals surface area contributed by atoms with Crippen LogP contribution >= 0.6 is 11.8 Å². The summed E-state index contributed by atoms with van der Waals surface area (Å²) in [4.78, 5) is 0. The molecule has 0 radical (unpaired) electrons. The zero-order valence-corrected chi connectivity index (χ0v) is 8.58. The van der Waals surface area contributed by atoms with Crippen LogP contribution in [-0.4, -0.2) is 17.5 Å². The third-order valence-electron chi connectivity index (χ3n) is 1.78. The number of hydrogen-bond donors (Lipinski definition) is 1. The predicted octanol–water partition coefficient (Wildman–Crippen LogP) is 2.28. The molecule has 2 N–H and O–H groups in total. The zero-order chi connectivity index (χ0) is 8.85. The van der Waals surface area contributed by atoms with Crippen LogP contribution in [0.3, 0.4) is 0 Å². The van der Waals surface area contributed by atoms with Crippen LogP contribution in [0, 0.1) is 5.92 Å². The van der Waals surface area contributed by atoms with Crippen LogP contribution in [-0.2, 0) is 0 Å². The van der Waals surface area contributed by atoms with Crippen molar-refractivity contribution in [3.05, 3.63) is 12.2 Å². The van der Waals surface area contributed by atoms with Gasteiger partial charge in [-0.1, -0.05) is 32.9 Å². The van der Waals surface area contributed by atoms with Gasteiger partial charge in [0, 0.05) is 17.5 Å². The van der Waals surface area contributed by atoms with E-state index in [1.54, 1.807) is 0 Å². The fourth-order valence-electron chi connectivity index (χ4n) is 0.501. The maximum atomic E-state index is 5.42. The summed E-state index contributed by atoms with van der Waals surface area (Å²) < 4.78 is 0. The molecule has 1 nitrogen and oxygen atoms in total. The van der Waals surface area contributed by atoms with Gasteiger partial charge < -0.3 is 5.73 Å². The van der Waals surface area contributed by atoms with Crippen molar-refractivity contribution in [1.82, 2.24) is 0 Å². The van der Waals surface area contributed by atoms with E-state index in [4.69, 9.17) is 5.73 Å². The number of nitrogens with two attached hydrogens (primary N) is 1. The second-order valence-corrected chi connectivity index (χ2v) is 4.58. The lowest BCUT2D eigenvalue weighted by molar-refractivity contribution is 0.642. The highest BCUT2D eigenvalue weighted by Crippen LogP contribution is 2.19. The van der Waals surface area contributed by atoms with E-state index >= 15 is 0 Å². The Bertz CT molecular complexity index is 121. The van der Waals surface area contributed by atoms with Crippen LogP contribution in [0.2, 0.25) is 0 Å². The SMILES string of the molecule is C=C(CN)CSC(C)C(C)C. The minimum atomic E-state index is 0.623. The van der Waals surface area contributed by atoms with Gasteiger partial charge in [0.05, 0.1) is 0 Å². The topological polar surface area (TPSA) is 26.0 Å². The third-order valence-corrected chi connectivity index (χ3v) is 3.42. The van der Waals surface area contributed by atoms with Crippen molar-refractivity contribution in [2.75, 3.05) is 12.3 Å². The van der Waals surface area contributed by atoms with Crippen molar-refractivity contribution in [3.63, 3.8) is 0 Å². The first-order valence-electron chi connectivity index (χ1n) is 4.06. The Hall–Kier alpha value is 0.0500. The lowest BCUT2D eigenvalue weighted by Gasteiger charge is -2.14. The Balaban J connectivity index is 3.45. The van der Waals surface area contributed by atoms with E-state index in [9.17, 15) is 0 Å². The molecule has 1 atom stereocenters. The molecule has 0 aliphatic carbocycles. The summed E-state index contributed by atoms with van der Waals surface area (Å²) in [7, 11) is 0. The van der Waals surface area contributed by atoms with E-state index in [1.807, 2.05) is 11.8 Å². The van der Waals surface area contributed by atoms with Crippen molar-refractivity contribution in [1.29, 1.82) is 0 Å². The average molecular weight is 173 g/mol. The molecule has 11 heavy (non-hydrogen) atoms. The van der Waals surface area contributed by atoms with Crippen LogP contribution < -0.4 is 5.73 Å². The maximum absolute atomic E-state index is 5.42. The summed E-state index contributed by atoms with van der Waals surface area (Å²) in [6.45, 7) is 11.2. The molecule has 0 heterocycles. The Kier molecular flexibility index (Phi) is 5.69. The molecule has 66 valence electrons. The molecule has 0 aromatic carbocycles. The molecule has 0 saturated carbocycles. The lowest BCUT2D eigenvalue weighted by Crippen LogP contribution is -2.10. The van der Waals surface area contributed by atoms with Gasteiger partial charge in [-0.2, -0.15) is 11.8 Å². The largest absolute Gasteiger partial charge is 0.327 e. The van der Waals surface area contributed by atoms with E-state index in [1.165, 1.54) is 0 Å². The second kappa shape index (κ2) is 5.67. The zero-order valence-electron chi connectivity index (χ0n) is 7.76. The summed E-state index contributed by atoms with van der Waals surface area (Å²) in [5, 5.41) is 0.707. The minimum Gasteiger partial charge on any atom is -0.327 e. The van der Waals surface area contributed by atoms with Crippen LogP contribution in [0.15, 0.2) is 12.2 Å². The first-order chi connectivity index (χ1) is 5.07. The van der Waals surface area contributed by atoms with Crippen LogP contribution in [0.4, 0.5) is 0 Å². The van der Waals surface area contributed by atoms with Gasteiger partial charge in [0.2, 0.25) is 0 Å². The highest BCUT2D eigenvalue weighted by Gasteiger charge is 2.06. The van der Waals surface area contributed by atoms with Crippen LogP contribution in [0.1, 0.15) is 20.8 Å². The van der Waals surface area contributed by atoms with Gasteiger partial charge in [-0.3, -0.25) is 0 Å². The van der Waals surface area contributed by atoms with E-state index < -0.39 is 0 Å². The molecule has 1 unspecified atom stereocenters.